The maximum absolute atomic E-state index is 11.0. The normalized spacial score (nSPS) is 19.5. The molecule has 1 fully saturated rings. The SMILES string of the molecule is O=NCC1(Cc2nsc(=O)[nH]2)CCCCC1. The van der Waals surface area contributed by atoms with Crippen LogP contribution >= 0.6 is 11.5 Å². The van der Waals surface area contributed by atoms with E-state index in [1.54, 1.807) is 0 Å². The second-order valence-electron chi connectivity index (χ2n) is 4.57. The van der Waals surface area contributed by atoms with Crippen LogP contribution < -0.4 is 4.87 Å². The van der Waals surface area contributed by atoms with E-state index in [0.717, 1.165) is 37.2 Å². The van der Waals surface area contributed by atoms with Crippen LogP contribution in [0.25, 0.3) is 0 Å². The molecule has 0 saturated heterocycles. The fourth-order valence-corrected chi connectivity index (χ4v) is 2.99. The van der Waals surface area contributed by atoms with Gasteiger partial charge in [0.25, 0.3) is 0 Å². The van der Waals surface area contributed by atoms with Crippen LogP contribution in [-0.2, 0) is 6.42 Å². The molecule has 0 bridgehead atoms. The molecule has 0 aromatic carbocycles. The number of nitrogens with zero attached hydrogens (tertiary/aromatic N) is 2. The summed E-state index contributed by atoms with van der Waals surface area (Å²) < 4.78 is 4.07. The minimum atomic E-state index is -0.125. The Kier molecular flexibility index (Phi) is 3.48. The Bertz CT molecular complexity index is 406. The van der Waals surface area contributed by atoms with Gasteiger partial charge in [0.15, 0.2) is 0 Å². The van der Waals surface area contributed by atoms with Gasteiger partial charge in [-0.1, -0.05) is 24.4 Å². The molecule has 0 spiro atoms. The van der Waals surface area contributed by atoms with Gasteiger partial charge in [0.05, 0.1) is 6.54 Å². The van der Waals surface area contributed by atoms with Crippen molar-refractivity contribution in [1.29, 1.82) is 0 Å². The molecule has 0 radical (unpaired) electrons. The van der Waals surface area contributed by atoms with E-state index in [0.29, 0.717) is 18.8 Å². The molecule has 1 N–H and O–H groups in total. The Morgan fingerprint density at radius 3 is 2.69 bits per heavy atom. The number of aromatic amines is 1. The average Bonchev–Trinajstić information content (AvgIpc) is 2.65. The highest BCUT2D eigenvalue weighted by Gasteiger charge is 2.33. The molecule has 16 heavy (non-hydrogen) atoms. The van der Waals surface area contributed by atoms with Crippen LogP contribution in [0, 0.1) is 10.3 Å². The van der Waals surface area contributed by atoms with Gasteiger partial charge in [-0.3, -0.25) is 9.78 Å². The first-order chi connectivity index (χ1) is 7.74. The molecule has 1 aliphatic carbocycles. The fraction of sp³-hybridized carbons (Fsp3) is 0.800. The number of nitroso groups, excluding NO2 is 1. The van der Waals surface area contributed by atoms with Crippen LogP contribution in [0.4, 0.5) is 0 Å². The minimum absolute atomic E-state index is 0.0585. The van der Waals surface area contributed by atoms with E-state index in [9.17, 15) is 9.70 Å². The standard InChI is InChI=1S/C10H15N3O2S/c14-9-12-8(13-16-9)6-10(7-11-15)4-2-1-3-5-10/h1-7H2,(H,12,13,14). The van der Waals surface area contributed by atoms with Crippen molar-refractivity contribution in [2.75, 3.05) is 6.54 Å². The average molecular weight is 241 g/mol. The molecule has 6 heteroatoms. The van der Waals surface area contributed by atoms with E-state index < -0.39 is 0 Å². The lowest BCUT2D eigenvalue weighted by molar-refractivity contribution is 0.194. The number of hydrogen-bond acceptors (Lipinski definition) is 5. The van der Waals surface area contributed by atoms with E-state index in [1.165, 1.54) is 6.42 Å². The quantitative estimate of drug-likeness (QED) is 0.820. The van der Waals surface area contributed by atoms with Crippen molar-refractivity contribution in [2.24, 2.45) is 10.6 Å². The summed E-state index contributed by atoms with van der Waals surface area (Å²) in [4.78, 5) is 24.1. The maximum atomic E-state index is 11.0. The Hall–Kier alpha value is -1.04. The van der Waals surface area contributed by atoms with Crippen LogP contribution in [0.2, 0.25) is 0 Å². The van der Waals surface area contributed by atoms with Gasteiger partial charge in [0.1, 0.15) is 5.82 Å². The van der Waals surface area contributed by atoms with Gasteiger partial charge >= 0.3 is 4.87 Å². The van der Waals surface area contributed by atoms with Crippen molar-refractivity contribution >= 4 is 11.5 Å². The molecule has 88 valence electrons. The minimum Gasteiger partial charge on any atom is -0.300 e. The van der Waals surface area contributed by atoms with E-state index in [2.05, 4.69) is 14.5 Å². The molecular formula is C10H15N3O2S. The molecule has 1 heterocycles. The number of hydrogen-bond donors (Lipinski definition) is 1. The second-order valence-corrected chi connectivity index (χ2v) is 5.30. The number of aromatic nitrogens is 2. The third kappa shape index (κ3) is 2.55. The first-order valence-corrected chi connectivity index (χ1v) is 6.35. The molecular weight excluding hydrogens is 226 g/mol. The lowest BCUT2D eigenvalue weighted by atomic mass is 9.72. The number of H-pyrrole nitrogens is 1. The highest BCUT2D eigenvalue weighted by atomic mass is 32.1. The molecule has 1 aromatic heterocycles. The zero-order chi connectivity index (χ0) is 11.4. The van der Waals surface area contributed by atoms with Crippen molar-refractivity contribution in [3.8, 4) is 0 Å². The topological polar surface area (TPSA) is 75.2 Å². The van der Waals surface area contributed by atoms with Gasteiger partial charge in [0.2, 0.25) is 0 Å². The Morgan fingerprint density at radius 2 is 2.12 bits per heavy atom. The summed E-state index contributed by atoms with van der Waals surface area (Å²) in [6.07, 6.45) is 6.22. The Labute approximate surface area is 97.4 Å². The fourth-order valence-electron chi connectivity index (χ4n) is 2.52. The van der Waals surface area contributed by atoms with E-state index in [4.69, 9.17) is 0 Å². The van der Waals surface area contributed by atoms with Crippen LogP contribution in [0.1, 0.15) is 37.9 Å². The van der Waals surface area contributed by atoms with Crippen molar-refractivity contribution < 1.29 is 0 Å². The molecule has 1 aliphatic rings. The molecule has 0 atom stereocenters. The zero-order valence-corrected chi connectivity index (χ0v) is 9.89. The summed E-state index contributed by atoms with van der Waals surface area (Å²) in [6.45, 7) is 0.340. The number of rotatable bonds is 4. The van der Waals surface area contributed by atoms with Crippen molar-refractivity contribution in [2.45, 2.75) is 38.5 Å². The van der Waals surface area contributed by atoms with E-state index in [-0.39, 0.29) is 10.3 Å². The summed E-state index contributed by atoms with van der Waals surface area (Å²) >= 11 is 0.940. The van der Waals surface area contributed by atoms with Gasteiger partial charge in [-0.25, -0.2) is 0 Å². The van der Waals surface area contributed by atoms with Crippen molar-refractivity contribution in [3.05, 3.63) is 20.4 Å². The zero-order valence-electron chi connectivity index (χ0n) is 9.07. The van der Waals surface area contributed by atoms with Gasteiger partial charge in [-0.05, 0) is 12.8 Å². The molecule has 0 amide bonds. The predicted molar refractivity (Wildman–Crippen MR) is 62.6 cm³/mol. The van der Waals surface area contributed by atoms with Gasteiger partial charge < -0.3 is 0 Å². The summed E-state index contributed by atoms with van der Waals surface area (Å²) in [5, 5.41) is 3.07. The molecule has 1 aromatic rings. The first kappa shape index (κ1) is 11.4. The van der Waals surface area contributed by atoms with Crippen molar-refractivity contribution in [1.82, 2.24) is 9.36 Å². The van der Waals surface area contributed by atoms with Crippen LogP contribution in [0.5, 0.6) is 0 Å². The van der Waals surface area contributed by atoms with Gasteiger partial charge in [-0.15, -0.1) is 0 Å². The largest absolute Gasteiger partial charge is 0.323 e. The third-order valence-corrected chi connectivity index (χ3v) is 3.92. The summed E-state index contributed by atoms with van der Waals surface area (Å²) in [7, 11) is 0. The Balaban J connectivity index is 2.12. The van der Waals surface area contributed by atoms with Gasteiger partial charge in [-0.2, -0.15) is 9.28 Å². The van der Waals surface area contributed by atoms with Crippen LogP contribution in [0.3, 0.4) is 0 Å². The first-order valence-electron chi connectivity index (χ1n) is 5.58. The molecule has 0 aliphatic heterocycles. The Morgan fingerprint density at radius 1 is 1.38 bits per heavy atom. The molecule has 5 nitrogen and oxygen atoms in total. The summed E-state index contributed by atoms with van der Waals surface area (Å²) in [6, 6.07) is 0. The van der Waals surface area contributed by atoms with Crippen molar-refractivity contribution in [3.63, 3.8) is 0 Å². The molecule has 2 rings (SSSR count). The summed E-state index contributed by atoms with van der Waals surface area (Å²) in [5.74, 6) is 0.709. The smallest absolute Gasteiger partial charge is 0.300 e. The molecule has 1 saturated carbocycles. The van der Waals surface area contributed by atoms with E-state index >= 15 is 0 Å². The maximum Gasteiger partial charge on any atom is 0.323 e. The summed E-state index contributed by atoms with van der Waals surface area (Å²) in [5.41, 5.74) is -0.0585. The highest BCUT2D eigenvalue weighted by Crippen LogP contribution is 2.38. The van der Waals surface area contributed by atoms with Gasteiger partial charge in [0, 0.05) is 23.4 Å². The highest BCUT2D eigenvalue weighted by molar-refractivity contribution is 7.02. The monoisotopic (exact) mass is 241 g/mol. The van der Waals surface area contributed by atoms with Crippen LogP contribution in [-0.4, -0.2) is 15.9 Å². The predicted octanol–water partition coefficient (Wildman–Crippen LogP) is 2.09. The third-order valence-electron chi connectivity index (χ3n) is 3.34. The molecule has 0 unspecified atom stereocenters. The lowest BCUT2D eigenvalue weighted by Gasteiger charge is -2.34. The van der Waals surface area contributed by atoms with E-state index in [1.807, 2.05) is 0 Å². The lowest BCUT2D eigenvalue weighted by Crippen LogP contribution is -2.30. The van der Waals surface area contributed by atoms with Crippen LogP contribution in [0.15, 0.2) is 9.97 Å². The second kappa shape index (κ2) is 4.86. The number of nitrogens with one attached hydrogen (secondary N) is 1.